The number of nitrogens with zero attached hydrogens (tertiary/aromatic N) is 2. The zero-order valence-electron chi connectivity index (χ0n) is 34.4. The number of methoxy groups -OCH3 is 1. The predicted octanol–water partition coefficient (Wildman–Crippen LogP) is 14.1. The van der Waals surface area contributed by atoms with Crippen molar-refractivity contribution in [2.24, 2.45) is 0 Å². The molecule has 5 nitrogen and oxygen atoms in total. The highest BCUT2D eigenvalue weighted by Gasteiger charge is 2.18. The minimum absolute atomic E-state index is 0. The third kappa shape index (κ3) is 37.2. The summed E-state index contributed by atoms with van der Waals surface area (Å²) in [5, 5.41) is 9.11. The Kier molecular flexibility index (Phi) is 38.2. The van der Waals surface area contributed by atoms with Crippen LogP contribution in [0.2, 0.25) is 10.0 Å². The molecule has 0 aliphatic carbocycles. The molecule has 0 aliphatic rings. The van der Waals surface area contributed by atoms with Gasteiger partial charge in [0.05, 0.1) is 72.5 Å². The van der Waals surface area contributed by atoms with Crippen molar-refractivity contribution in [3.8, 4) is 5.75 Å². The van der Waals surface area contributed by atoms with Crippen molar-refractivity contribution in [1.82, 2.24) is 0 Å². The Morgan fingerprint density at radius 2 is 0.800 bits per heavy atom. The summed E-state index contributed by atoms with van der Waals surface area (Å²) in [7, 11) is 15.1. The molecule has 0 spiro atoms. The molecule has 0 aromatic heterocycles. The number of aromatic carboxylic acids is 1. The fourth-order valence-electron chi connectivity index (χ4n) is 5.79. The molecule has 0 saturated carbocycles. The van der Waals surface area contributed by atoms with Crippen LogP contribution in [0.25, 0.3) is 0 Å². The van der Waals surface area contributed by atoms with Crippen molar-refractivity contribution in [3.63, 3.8) is 0 Å². The van der Waals surface area contributed by atoms with Crippen LogP contribution in [-0.4, -0.2) is 82.5 Å². The van der Waals surface area contributed by atoms with E-state index in [1.807, 2.05) is 0 Å². The predicted molar refractivity (Wildman–Crippen MR) is 228 cm³/mol. The number of unbranched alkanes of at least 4 members (excludes halogenated alkanes) is 22. The van der Waals surface area contributed by atoms with Crippen LogP contribution in [0.15, 0.2) is 12.1 Å². The van der Waals surface area contributed by atoms with Crippen LogP contribution in [0.1, 0.15) is 178 Å². The molecule has 0 unspecified atom stereocenters. The SMILES string of the molecule is Br.CCCCCCCCCCCCCC[N+](C)(C)C.CCCCCCCCCCCCCC[N+](C)(C)C.COc1c(Cl)ccc(Cl)c1C(=O)O. The Bertz CT molecular complexity index is 866. The summed E-state index contributed by atoms with van der Waals surface area (Å²) in [6.07, 6.45) is 34.8. The number of hydrogen-bond acceptors (Lipinski definition) is 2. The fraction of sp³-hybridized carbons (Fsp3) is 0.833. The molecule has 0 fully saturated rings. The van der Waals surface area contributed by atoms with Crippen molar-refractivity contribution in [2.45, 2.75) is 168 Å². The van der Waals surface area contributed by atoms with Crippen molar-refractivity contribution in [2.75, 3.05) is 62.5 Å². The van der Waals surface area contributed by atoms with Crippen LogP contribution in [0.4, 0.5) is 0 Å². The third-order valence-electron chi connectivity index (χ3n) is 8.84. The first-order chi connectivity index (χ1) is 23.2. The topological polar surface area (TPSA) is 46.5 Å². The largest absolute Gasteiger partial charge is 0.494 e. The number of ether oxygens (including phenoxy) is 1. The maximum atomic E-state index is 10.7. The molecule has 0 saturated heterocycles. The first kappa shape index (κ1) is 53.8. The Hall–Kier alpha value is -0.530. The Balaban J connectivity index is -0.000000665. The van der Waals surface area contributed by atoms with E-state index in [9.17, 15) is 4.79 Å². The van der Waals surface area contributed by atoms with Crippen LogP contribution >= 0.6 is 40.2 Å². The van der Waals surface area contributed by atoms with Crippen LogP contribution < -0.4 is 4.74 Å². The average molecular weight is 815 g/mol. The molecule has 0 radical (unpaired) electrons. The van der Waals surface area contributed by atoms with Crippen LogP contribution in [0.3, 0.4) is 0 Å². The van der Waals surface area contributed by atoms with Crippen molar-refractivity contribution < 1.29 is 23.6 Å². The summed E-state index contributed by atoms with van der Waals surface area (Å²) in [6, 6.07) is 2.89. The summed E-state index contributed by atoms with van der Waals surface area (Å²) >= 11 is 11.4. The smallest absolute Gasteiger partial charge is 0.341 e. The monoisotopic (exact) mass is 812 g/mol. The zero-order valence-corrected chi connectivity index (χ0v) is 37.6. The normalized spacial score (nSPS) is 11.2. The van der Waals surface area contributed by atoms with E-state index in [-0.39, 0.29) is 38.3 Å². The Labute approximate surface area is 332 Å². The first-order valence-electron chi connectivity index (χ1n) is 20.1. The van der Waals surface area contributed by atoms with Gasteiger partial charge in [-0.3, -0.25) is 0 Å². The summed E-state index contributed by atoms with van der Waals surface area (Å²) < 4.78 is 7.07. The van der Waals surface area contributed by atoms with Gasteiger partial charge in [-0.2, -0.15) is 0 Å². The summed E-state index contributed by atoms with van der Waals surface area (Å²) in [6.45, 7) is 7.24. The molecular weight excluding hydrogens is 731 g/mol. The number of carbonyl (C=O) groups is 1. The standard InChI is InChI=1S/2C17H38N.C8H6Cl2O3.BrH/c2*1-5-6-7-8-9-10-11-12-13-14-15-16-17-18(2,3)4;1-13-7-5(10)3-2-4(9)6(7)8(11)12;/h2*5-17H2,1-4H3;2-3H,1H3,(H,11,12);1H/q2*+1;;. The van der Waals surface area contributed by atoms with Gasteiger partial charge in [0, 0.05) is 0 Å². The molecule has 0 aliphatic heterocycles. The lowest BCUT2D eigenvalue weighted by Crippen LogP contribution is -2.35. The highest BCUT2D eigenvalue weighted by atomic mass is 79.9. The molecule has 1 aromatic carbocycles. The minimum Gasteiger partial charge on any atom is -0.494 e. The third-order valence-corrected chi connectivity index (χ3v) is 9.45. The van der Waals surface area contributed by atoms with Gasteiger partial charge in [-0.15, -0.1) is 17.0 Å². The van der Waals surface area contributed by atoms with E-state index in [2.05, 4.69) is 56.1 Å². The van der Waals surface area contributed by atoms with Gasteiger partial charge in [0.2, 0.25) is 0 Å². The first-order valence-corrected chi connectivity index (χ1v) is 20.8. The highest BCUT2D eigenvalue weighted by Crippen LogP contribution is 2.33. The lowest BCUT2D eigenvalue weighted by molar-refractivity contribution is -0.870. The number of quaternary nitrogens is 2. The molecule has 0 heterocycles. The maximum Gasteiger partial charge on any atom is 0.341 e. The second-order valence-corrected chi connectivity index (χ2v) is 16.9. The van der Waals surface area contributed by atoms with Crippen LogP contribution in [0.5, 0.6) is 5.75 Å². The molecule has 1 N–H and O–H groups in total. The van der Waals surface area contributed by atoms with Gasteiger partial charge in [0.1, 0.15) is 5.56 Å². The Morgan fingerprint density at radius 3 is 1.02 bits per heavy atom. The molecular formula is C42H83BrCl2N2O3+2. The highest BCUT2D eigenvalue weighted by molar-refractivity contribution is 8.93. The molecule has 1 rings (SSSR count). The second-order valence-electron chi connectivity index (χ2n) is 16.0. The van der Waals surface area contributed by atoms with Crippen molar-refractivity contribution >= 4 is 46.2 Å². The molecule has 0 atom stereocenters. The second kappa shape index (κ2) is 35.5. The summed E-state index contributed by atoms with van der Waals surface area (Å²) in [4.78, 5) is 10.7. The van der Waals surface area contributed by atoms with E-state index in [1.165, 1.54) is 186 Å². The van der Waals surface area contributed by atoms with E-state index in [4.69, 9.17) is 33.0 Å². The van der Waals surface area contributed by atoms with Gasteiger partial charge in [-0.05, 0) is 37.8 Å². The zero-order chi connectivity index (χ0) is 37.4. The van der Waals surface area contributed by atoms with E-state index in [1.54, 1.807) is 0 Å². The quantitative estimate of drug-likeness (QED) is 0.0677. The fourth-order valence-corrected chi connectivity index (χ4v) is 6.25. The van der Waals surface area contributed by atoms with Gasteiger partial charge >= 0.3 is 5.97 Å². The minimum atomic E-state index is -1.16. The van der Waals surface area contributed by atoms with E-state index < -0.39 is 5.97 Å². The average Bonchev–Trinajstić information content (AvgIpc) is 3.02. The number of carboxylic acid groups (broad SMARTS) is 1. The summed E-state index contributed by atoms with van der Waals surface area (Å²) in [5.74, 6) is -1.08. The van der Waals surface area contributed by atoms with E-state index in [0.717, 1.165) is 8.97 Å². The molecule has 0 amide bonds. The molecule has 0 bridgehead atoms. The van der Waals surface area contributed by atoms with Crippen molar-refractivity contribution in [1.29, 1.82) is 0 Å². The van der Waals surface area contributed by atoms with Crippen LogP contribution in [-0.2, 0) is 0 Å². The Morgan fingerprint density at radius 1 is 0.540 bits per heavy atom. The van der Waals surface area contributed by atoms with Crippen molar-refractivity contribution in [3.05, 3.63) is 27.7 Å². The number of benzene rings is 1. The van der Waals surface area contributed by atoms with Gasteiger partial charge in [0.25, 0.3) is 0 Å². The molecule has 298 valence electrons. The molecule has 1 aromatic rings. The molecule has 8 heteroatoms. The number of hydrogen-bond donors (Lipinski definition) is 1. The number of carboxylic acids is 1. The number of rotatable bonds is 28. The van der Waals surface area contributed by atoms with E-state index >= 15 is 0 Å². The maximum absolute atomic E-state index is 10.7. The van der Waals surface area contributed by atoms with Crippen LogP contribution in [0, 0.1) is 0 Å². The van der Waals surface area contributed by atoms with E-state index in [0.29, 0.717) is 0 Å². The lowest BCUT2D eigenvalue weighted by Gasteiger charge is -2.23. The van der Waals surface area contributed by atoms with Gasteiger partial charge in [-0.1, -0.05) is 165 Å². The summed E-state index contributed by atoms with van der Waals surface area (Å²) in [5.41, 5.74) is -0.114. The molecule has 50 heavy (non-hydrogen) atoms. The van der Waals surface area contributed by atoms with Gasteiger partial charge < -0.3 is 18.8 Å². The number of halogens is 3. The van der Waals surface area contributed by atoms with Gasteiger partial charge in [-0.25, -0.2) is 4.79 Å². The van der Waals surface area contributed by atoms with Gasteiger partial charge in [0.15, 0.2) is 5.75 Å². The lowest BCUT2D eigenvalue weighted by atomic mass is 10.1.